The molecule has 4 aliphatic rings. The van der Waals surface area contributed by atoms with Gasteiger partial charge in [0.1, 0.15) is 11.8 Å². The quantitative estimate of drug-likeness (QED) is 0.271. The third kappa shape index (κ3) is 5.77. The predicted octanol–water partition coefficient (Wildman–Crippen LogP) is 3.39. The van der Waals surface area contributed by atoms with Gasteiger partial charge in [-0.05, 0) is 62.1 Å². The summed E-state index contributed by atoms with van der Waals surface area (Å²) in [5, 5.41) is 19.3. The molecule has 12 nitrogen and oxygen atoms in total. The fourth-order valence-corrected chi connectivity index (χ4v) is 6.78. The van der Waals surface area contributed by atoms with Gasteiger partial charge in [0, 0.05) is 31.3 Å². The number of benzene rings is 2. The van der Waals surface area contributed by atoms with Gasteiger partial charge in [0.05, 0.1) is 51.1 Å². The standard InChI is InChI=1S/C34H28ClF3N6O6/c35-24-13-21(34(36,37)38)5-7-25(24)40-32(50)33(10-1-11-33)43-17-20(14-39-43)29(47)42-15-19(16-42)3-2-18-4-6-22-23(12-18)31(49)44(30(22)48)26-8-9-27(45)41-28(26)46/h4-7,12-14,17,19,26,28,46H,1,8-11,15-16H2,(H,40,50)(H,41,45). The molecular weight excluding hydrogens is 681 g/mol. The van der Waals surface area contributed by atoms with E-state index in [1.165, 1.54) is 29.2 Å². The molecule has 1 saturated carbocycles. The van der Waals surface area contributed by atoms with Gasteiger partial charge in [0.2, 0.25) is 5.91 Å². The van der Waals surface area contributed by atoms with Crippen LogP contribution in [0, 0.1) is 17.8 Å². The highest BCUT2D eigenvalue weighted by molar-refractivity contribution is 6.33. The normalized spacial score (nSPS) is 21.4. The molecule has 2 saturated heterocycles. The van der Waals surface area contributed by atoms with Gasteiger partial charge in [0.15, 0.2) is 0 Å². The maximum absolute atomic E-state index is 13.3. The molecule has 0 radical (unpaired) electrons. The molecule has 1 aliphatic carbocycles. The fourth-order valence-electron chi connectivity index (χ4n) is 6.55. The van der Waals surface area contributed by atoms with Gasteiger partial charge in [-0.2, -0.15) is 18.3 Å². The van der Waals surface area contributed by atoms with Crippen molar-refractivity contribution in [3.05, 3.63) is 81.6 Å². The first-order valence-electron chi connectivity index (χ1n) is 15.8. The molecule has 2 atom stereocenters. The SMILES string of the molecule is O=C1CCC(N2C(=O)c3ccc(C#CC4CN(C(=O)c5cnn(C6(C(=O)Nc7ccc(C(F)(F)F)cc7Cl)CCC6)c5)C4)cc3C2=O)C(O)N1. The van der Waals surface area contributed by atoms with E-state index < -0.39 is 47.3 Å². The molecule has 3 aromatic rings. The summed E-state index contributed by atoms with van der Waals surface area (Å²) in [7, 11) is 0. The highest BCUT2D eigenvalue weighted by Crippen LogP contribution is 2.41. The van der Waals surface area contributed by atoms with Crippen LogP contribution in [0.1, 0.15) is 74.3 Å². The van der Waals surface area contributed by atoms with Crippen LogP contribution in [0.4, 0.5) is 18.9 Å². The van der Waals surface area contributed by atoms with Crippen LogP contribution in [0.15, 0.2) is 48.8 Å². The van der Waals surface area contributed by atoms with Gasteiger partial charge in [-0.1, -0.05) is 23.4 Å². The zero-order valence-electron chi connectivity index (χ0n) is 26.1. The molecule has 258 valence electrons. The number of imide groups is 1. The van der Waals surface area contributed by atoms with E-state index in [9.17, 15) is 42.3 Å². The molecular formula is C34H28ClF3N6O6. The lowest BCUT2D eigenvalue weighted by Crippen LogP contribution is -2.57. The van der Waals surface area contributed by atoms with Gasteiger partial charge in [-0.25, -0.2) is 0 Å². The Morgan fingerprint density at radius 1 is 1.06 bits per heavy atom. The van der Waals surface area contributed by atoms with Crippen molar-refractivity contribution < 1.29 is 42.3 Å². The zero-order valence-corrected chi connectivity index (χ0v) is 26.8. The summed E-state index contributed by atoms with van der Waals surface area (Å²) >= 11 is 6.04. The molecule has 2 aromatic carbocycles. The third-order valence-electron chi connectivity index (χ3n) is 9.60. The van der Waals surface area contributed by atoms with Crippen molar-refractivity contribution in [3.8, 4) is 11.8 Å². The average Bonchev–Trinajstić information content (AvgIpc) is 3.59. The van der Waals surface area contributed by atoms with Crippen LogP contribution in [-0.2, 0) is 21.3 Å². The molecule has 7 rings (SSSR count). The largest absolute Gasteiger partial charge is 0.416 e. The van der Waals surface area contributed by atoms with Crippen LogP contribution in [0.25, 0.3) is 0 Å². The molecule has 3 fully saturated rings. The topological polar surface area (TPSA) is 154 Å². The minimum Gasteiger partial charge on any atom is -0.372 e. The number of aromatic nitrogens is 2. The zero-order chi connectivity index (χ0) is 35.5. The van der Waals surface area contributed by atoms with Crippen LogP contribution in [-0.4, -0.2) is 79.6 Å². The Kier molecular flexibility index (Phi) is 8.19. The average molecular weight is 709 g/mol. The van der Waals surface area contributed by atoms with Gasteiger partial charge in [-0.3, -0.25) is 33.6 Å². The molecule has 2 unspecified atom stereocenters. The van der Waals surface area contributed by atoms with Crippen molar-refractivity contribution in [2.75, 3.05) is 18.4 Å². The number of carbonyl (C=O) groups excluding carboxylic acids is 5. The van der Waals surface area contributed by atoms with Crippen molar-refractivity contribution in [1.29, 1.82) is 0 Å². The maximum Gasteiger partial charge on any atom is 0.416 e. The van der Waals surface area contributed by atoms with E-state index in [4.69, 9.17) is 11.6 Å². The van der Waals surface area contributed by atoms with E-state index in [0.717, 1.165) is 23.1 Å². The monoisotopic (exact) mass is 708 g/mol. The number of halogens is 4. The third-order valence-corrected chi connectivity index (χ3v) is 9.91. The first kappa shape index (κ1) is 33.3. The van der Waals surface area contributed by atoms with Crippen LogP contribution in [0.3, 0.4) is 0 Å². The number of alkyl halides is 3. The van der Waals surface area contributed by atoms with Crippen LogP contribution in [0.2, 0.25) is 5.02 Å². The summed E-state index contributed by atoms with van der Waals surface area (Å²) in [6.07, 6.45) is -1.31. The van der Waals surface area contributed by atoms with Crippen LogP contribution >= 0.6 is 11.6 Å². The second-order valence-corrected chi connectivity index (χ2v) is 13.1. The van der Waals surface area contributed by atoms with E-state index >= 15 is 0 Å². The number of fused-ring (bicyclic) bond motifs is 1. The molecule has 3 N–H and O–H groups in total. The Morgan fingerprint density at radius 2 is 1.80 bits per heavy atom. The first-order valence-corrected chi connectivity index (χ1v) is 16.2. The molecule has 50 heavy (non-hydrogen) atoms. The number of carbonyl (C=O) groups is 5. The predicted molar refractivity (Wildman–Crippen MR) is 170 cm³/mol. The molecule has 0 bridgehead atoms. The maximum atomic E-state index is 13.3. The number of rotatable bonds is 5. The molecule has 5 amide bonds. The number of hydrogen-bond acceptors (Lipinski definition) is 7. The number of amides is 5. The van der Waals surface area contributed by atoms with Crippen molar-refractivity contribution >= 4 is 46.8 Å². The molecule has 3 aliphatic heterocycles. The van der Waals surface area contributed by atoms with E-state index in [2.05, 4.69) is 27.6 Å². The summed E-state index contributed by atoms with van der Waals surface area (Å²) in [5.74, 6) is 3.65. The number of aliphatic hydroxyl groups excluding tert-OH is 1. The molecule has 1 aromatic heterocycles. The lowest BCUT2D eigenvalue weighted by atomic mass is 9.76. The molecule has 4 heterocycles. The lowest BCUT2D eigenvalue weighted by molar-refractivity contribution is -0.137. The summed E-state index contributed by atoms with van der Waals surface area (Å²) in [6, 6.07) is 6.45. The van der Waals surface area contributed by atoms with Gasteiger partial charge in [-0.15, -0.1) is 0 Å². The van der Waals surface area contributed by atoms with Crippen LogP contribution < -0.4 is 10.6 Å². The highest BCUT2D eigenvalue weighted by Gasteiger charge is 2.48. The van der Waals surface area contributed by atoms with E-state index in [-0.39, 0.29) is 58.0 Å². The van der Waals surface area contributed by atoms with Crippen molar-refractivity contribution in [2.24, 2.45) is 5.92 Å². The van der Waals surface area contributed by atoms with E-state index in [1.807, 2.05) is 0 Å². The Balaban J connectivity index is 0.970. The first-order chi connectivity index (χ1) is 23.7. The number of nitrogens with one attached hydrogen (secondary N) is 2. The number of hydrogen-bond donors (Lipinski definition) is 3. The smallest absolute Gasteiger partial charge is 0.372 e. The Labute approximate surface area is 287 Å². The second-order valence-electron chi connectivity index (χ2n) is 12.7. The van der Waals surface area contributed by atoms with Gasteiger partial charge in [0.25, 0.3) is 23.6 Å². The number of aliphatic hydroxyl groups is 1. The van der Waals surface area contributed by atoms with Crippen molar-refractivity contribution in [1.82, 2.24) is 24.9 Å². The van der Waals surface area contributed by atoms with Crippen LogP contribution in [0.5, 0.6) is 0 Å². The minimum atomic E-state index is -4.58. The Morgan fingerprint density at radius 3 is 2.46 bits per heavy atom. The minimum absolute atomic E-state index is 0.0321. The van der Waals surface area contributed by atoms with E-state index in [1.54, 1.807) is 11.0 Å². The number of nitrogens with zero attached hydrogens (tertiary/aromatic N) is 4. The van der Waals surface area contributed by atoms with Crippen molar-refractivity contribution in [2.45, 2.75) is 56.1 Å². The fraction of sp³-hybridized carbons (Fsp3) is 0.353. The summed E-state index contributed by atoms with van der Waals surface area (Å²) < 4.78 is 40.5. The highest BCUT2D eigenvalue weighted by atomic mass is 35.5. The molecule has 0 spiro atoms. The molecule has 16 heteroatoms. The number of piperidine rings is 1. The Hall–Kier alpha value is -5.20. The number of anilines is 1. The Bertz CT molecular complexity index is 2030. The lowest BCUT2D eigenvalue weighted by Gasteiger charge is -2.40. The van der Waals surface area contributed by atoms with Gasteiger partial charge >= 0.3 is 6.18 Å². The summed E-state index contributed by atoms with van der Waals surface area (Å²) in [4.78, 5) is 66.8. The van der Waals surface area contributed by atoms with E-state index in [0.29, 0.717) is 37.9 Å². The summed E-state index contributed by atoms with van der Waals surface area (Å²) in [6.45, 7) is 0.660. The second kappa shape index (κ2) is 12.3. The number of likely N-dealkylation sites (tertiary alicyclic amines) is 1. The van der Waals surface area contributed by atoms with Crippen molar-refractivity contribution in [3.63, 3.8) is 0 Å². The van der Waals surface area contributed by atoms with Gasteiger partial charge < -0.3 is 20.6 Å². The summed E-state index contributed by atoms with van der Waals surface area (Å²) in [5.41, 5.74) is -0.922.